The van der Waals surface area contributed by atoms with Crippen molar-refractivity contribution in [3.05, 3.63) is 24.5 Å². The maximum atomic E-state index is 11.2. The van der Waals surface area contributed by atoms with Crippen LogP contribution in [0.15, 0.2) is 24.5 Å². The Labute approximate surface area is 94.3 Å². The van der Waals surface area contributed by atoms with Crippen LogP contribution in [0.4, 0.5) is 0 Å². The van der Waals surface area contributed by atoms with Crippen LogP contribution >= 0.6 is 0 Å². The highest BCUT2D eigenvalue weighted by Crippen LogP contribution is 1.92. The number of aromatic nitrogens is 3. The first-order valence-corrected chi connectivity index (χ1v) is 5.13. The zero-order valence-corrected chi connectivity index (χ0v) is 9.35. The maximum Gasteiger partial charge on any atom is 0.334 e. The second-order valence-corrected chi connectivity index (χ2v) is 3.17. The molecule has 0 radical (unpaired) electrons. The van der Waals surface area contributed by atoms with Gasteiger partial charge in [-0.25, -0.2) is 4.79 Å². The van der Waals surface area contributed by atoms with Gasteiger partial charge in [0.1, 0.15) is 0 Å². The molecule has 0 unspecified atom stereocenters. The first kappa shape index (κ1) is 12.4. The van der Waals surface area contributed by atoms with Crippen LogP contribution in [-0.4, -0.2) is 40.7 Å². The number of nitrogens with zero attached hydrogens (tertiary/aromatic N) is 3. The smallest absolute Gasteiger partial charge is 0.334 e. The molecular weight excluding hydrogens is 208 g/mol. The monoisotopic (exact) mass is 224 g/mol. The molecule has 0 aliphatic carbocycles. The fourth-order valence-corrected chi connectivity index (χ4v) is 1.09. The van der Waals surface area contributed by atoms with Crippen LogP contribution in [-0.2, 0) is 16.1 Å². The summed E-state index contributed by atoms with van der Waals surface area (Å²) in [6.45, 7) is 7.60. The molecule has 6 heteroatoms. The summed E-state index contributed by atoms with van der Waals surface area (Å²) in [4.78, 5) is 11.2. The van der Waals surface area contributed by atoms with Gasteiger partial charge in [-0.3, -0.25) is 4.68 Å². The standard InChI is InChI=1S/C10H16N4O2/c1-3-16-10(15)9(2)8-11-4-6-14-7-5-12-13-14/h5,7,11H,2-4,6,8H2,1H3. The maximum absolute atomic E-state index is 11.2. The van der Waals surface area contributed by atoms with Crippen molar-refractivity contribution in [2.24, 2.45) is 0 Å². The molecule has 88 valence electrons. The lowest BCUT2D eigenvalue weighted by molar-refractivity contribution is -0.138. The Morgan fingerprint density at radius 2 is 2.44 bits per heavy atom. The summed E-state index contributed by atoms with van der Waals surface area (Å²) in [5.74, 6) is -0.351. The third kappa shape index (κ3) is 4.22. The van der Waals surface area contributed by atoms with Gasteiger partial charge < -0.3 is 10.1 Å². The van der Waals surface area contributed by atoms with E-state index in [1.807, 2.05) is 0 Å². The molecule has 1 heterocycles. The van der Waals surface area contributed by atoms with Crippen LogP contribution < -0.4 is 5.32 Å². The third-order valence-electron chi connectivity index (χ3n) is 1.89. The fraction of sp³-hybridized carbons (Fsp3) is 0.500. The van der Waals surface area contributed by atoms with Crippen LogP contribution in [0.1, 0.15) is 6.92 Å². The van der Waals surface area contributed by atoms with Crippen LogP contribution in [0.2, 0.25) is 0 Å². The van der Waals surface area contributed by atoms with E-state index in [9.17, 15) is 4.79 Å². The van der Waals surface area contributed by atoms with E-state index in [0.29, 0.717) is 31.8 Å². The highest BCUT2D eigenvalue weighted by molar-refractivity contribution is 5.88. The average molecular weight is 224 g/mol. The molecule has 0 aliphatic heterocycles. The van der Waals surface area contributed by atoms with Crippen molar-refractivity contribution in [3.8, 4) is 0 Å². The van der Waals surface area contributed by atoms with Crippen LogP contribution in [0.5, 0.6) is 0 Å². The summed E-state index contributed by atoms with van der Waals surface area (Å²) in [5.41, 5.74) is 0.431. The van der Waals surface area contributed by atoms with E-state index in [4.69, 9.17) is 4.74 Å². The molecule has 1 N–H and O–H groups in total. The summed E-state index contributed by atoms with van der Waals surface area (Å²) in [7, 11) is 0. The lowest BCUT2D eigenvalue weighted by Crippen LogP contribution is -2.25. The van der Waals surface area contributed by atoms with Gasteiger partial charge in [0.05, 0.1) is 19.3 Å². The number of rotatable bonds is 7. The van der Waals surface area contributed by atoms with Crippen molar-refractivity contribution in [2.75, 3.05) is 19.7 Å². The molecule has 0 aromatic carbocycles. The van der Waals surface area contributed by atoms with Crippen LogP contribution in [0, 0.1) is 0 Å². The van der Waals surface area contributed by atoms with Crippen molar-refractivity contribution in [1.29, 1.82) is 0 Å². The van der Waals surface area contributed by atoms with Gasteiger partial charge in [0.15, 0.2) is 0 Å². The summed E-state index contributed by atoms with van der Waals surface area (Å²) >= 11 is 0. The topological polar surface area (TPSA) is 69.0 Å². The normalized spacial score (nSPS) is 10.1. The molecule has 1 aromatic rings. The molecule has 0 bridgehead atoms. The fourth-order valence-electron chi connectivity index (χ4n) is 1.09. The summed E-state index contributed by atoms with van der Waals surface area (Å²) < 4.78 is 6.51. The average Bonchev–Trinajstić information content (AvgIpc) is 2.77. The summed E-state index contributed by atoms with van der Waals surface area (Å²) in [5, 5.41) is 10.6. The summed E-state index contributed by atoms with van der Waals surface area (Å²) in [6, 6.07) is 0. The van der Waals surface area contributed by atoms with Crippen molar-refractivity contribution < 1.29 is 9.53 Å². The number of hydrogen-bond acceptors (Lipinski definition) is 5. The molecule has 0 saturated carbocycles. The number of hydrogen-bond donors (Lipinski definition) is 1. The first-order chi connectivity index (χ1) is 7.74. The van der Waals surface area contributed by atoms with E-state index in [2.05, 4.69) is 22.2 Å². The highest BCUT2D eigenvalue weighted by atomic mass is 16.5. The molecule has 0 fully saturated rings. The second-order valence-electron chi connectivity index (χ2n) is 3.17. The largest absolute Gasteiger partial charge is 0.463 e. The van der Waals surface area contributed by atoms with E-state index in [0.717, 1.165) is 0 Å². The first-order valence-electron chi connectivity index (χ1n) is 5.13. The van der Waals surface area contributed by atoms with E-state index < -0.39 is 0 Å². The molecule has 0 saturated heterocycles. The number of carbonyl (C=O) groups excluding carboxylic acids is 1. The molecule has 16 heavy (non-hydrogen) atoms. The van der Waals surface area contributed by atoms with Gasteiger partial charge in [-0.2, -0.15) is 0 Å². The predicted molar refractivity (Wildman–Crippen MR) is 58.7 cm³/mol. The minimum absolute atomic E-state index is 0.351. The molecule has 0 atom stereocenters. The highest BCUT2D eigenvalue weighted by Gasteiger charge is 2.06. The van der Waals surface area contributed by atoms with E-state index in [1.165, 1.54) is 0 Å². The number of esters is 1. The van der Waals surface area contributed by atoms with Crippen LogP contribution in [0.25, 0.3) is 0 Å². The Morgan fingerprint density at radius 1 is 1.62 bits per heavy atom. The lowest BCUT2D eigenvalue weighted by Gasteiger charge is -2.06. The molecular formula is C10H16N4O2. The predicted octanol–water partition coefficient (Wildman–Crippen LogP) is -0.0130. The molecule has 0 spiro atoms. The number of ether oxygens (including phenoxy) is 1. The minimum Gasteiger partial charge on any atom is -0.463 e. The molecule has 0 aliphatic rings. The molecule has 0 amide bonds. The van der Waals surface area contributed by atoms with Gasteiger partial charge in [0.2, 0.25) is 0 Å². The van der Waals surface area contributed by atoms with Crippen LogP contribution in [0.3, 0.4) is 0 Å². The molecule has 1 rings (SSSR count). The zero-order valence-electron chi connectivity index (χ0n) is 9.35. The minimum atomic E-state index is -0.351. The second kappa shape index (κ2) is 6.73. The van der Waals surface area contributed by atoms with Gasteiger partial charge in [-0.15, -0.1) is 5.10 Å². The van der Waals surface area contributed by atoms with Crippen molar-refractivity contribution in [1.82, 2.24) is 20.3 Å². The van der Waals surface area contributed by atoms with E-state index in [-0.39, 0.29) is 5.97 Å². The van der Waals surface area contributed by atoms with Crippen molar-refractivity contribution >= 4 is 5.97 Å². The van der Waals surface area contributed by atoms with Gasteiger partial charge >= 0.3 is 5.97 Å². The number of nitrogens with one attached hydrogen (secondary N) is 1. The van der Waals surface area contributed by atoms with E-state index >= 15 is 0 Å². The van der Waals surface area contributed by atoms with Crippen molar-refractivity contribution in [3.63, 3.8) is 0 Å². The third-order valence-corrected chi connectivity index (χ3v) is 1.89. The Hall–Kier alpha value is -1.69. The van der Waals surface area contributed by atoms with Gasteiger partial charge in [0, 0.05) is 24.9 Å². The van der Waals surface area contributed by atoms with Gasteiger partial charge in [-0.1, -0.05) is 11.8 Å². The van der Waals surface area contributed by atoms with Gasteiger partial charge in [-0.05, 0) is 6.92 Å². The lowest BCUT2D eigenvalue weighted by atomic mass is 10.3. The van der Waals surface area contributed by atoms with Crippen molar-refractivity contribution in [2.45, 2.75) is 13.5 Å². The Kier molecular flexibility index (Phi) is 5.21. The SMILES string of the molecule is C=C(CNCCn1ccnn1)C(=O)OCC. The Morgan fingerprint density at radius 3 is 3.06 bits per heavy atom. The molecule has 1 aromatic heterocycles. The Bertz CT molecular complexity index is 335. The quantitative estimate of drug-likeness (QED) is 0.400. The molecule has 6 nitrogen and oxygen atoms in total. The Balaban J connectivity index is 2.11. The summed E-state index contributed by atoms with van der Waals surface area (Å²) in [6.07, 6.45) is 3.40. The van der Waals surface area contributed by atoms with Gasteiger partial charge in [0.25, 0.3) is 0 Å². The number of carbonyl (C=O) groups is 1. The zero-order chi connectivity index (χ0) is 11.8. The van der Waals surface area contributed by atoms with E-state index in [1.54, 1.807) is 24.0 Å².